The second kappa shape index (κ2) is 6.75. The zero-order valence-corrected chi connectivity index (χ0v) is 13.6. The molecule has 0 aliphatic carbocycles. The molecule has 0 aromatic carbocycles. The number of hydrogen-bond acceptors (Lipinski definition) is 5. The van der Waals surface area contributed by atoms with E-state index in [1.807, 2.05) is 9.80 Å². The van der Waals surface area contributed by atoms with E-state index in [0.717, 1.165) is 19.3 Å². The summed E-state index contributed by atoms with van der Waals surface area (Å²) in [5, 5.41) is 1.77. The van der Waals surface area contributed by atoms with Gasteiger partial charge in [-0.2, -0.15) is 0 Å². The minimum absolute atomic E-state index is 0.0285. The van der Waals surface area contributed by atoms with Crippen LogP contribution in [0.2, 0.25) is 0 Å². The summed E-state index contributed by atoms with van der Waals surface area (Å²) in [6.45, 7) is 4.34. The highest BCUT2D eigenvalue weighted by molar-refractivity contribution is 7.07. The first-order valence-corrected chi connectivity index (χ1v) is 8.65. The van der Waals surface area contributed by atoms with Gasteiger partial charge in [0.1, 0.15) is 5.69 Å². The Kier molecular flexibility index (Phi) is 4.73. The summed E-state index contributed by atoms with van der Waals surface area (Å²) >= 11 is 1.42. The molecule has 120 valence electrons. The minimum atomic E-state index is -0.0285. The zero-order chi connectivity index (χ0) is 15.5. The third-order valence-electron chi connectivity index (χ3n) is 4.44. The second-order valence-electron chi connectivity index (χ2n) is 5.84. The van der Waals surface area contributed by atoms with Gasteiger partial charge in [-0.15, -0.1) is 11.3 Å². The van der Waals surface area contributed by atoms with E-state index in [2.05, 4.69) is 4.98 Å². The number of rotatable bonds is 3. The Morgan fingerprint density at radius 2 is 2.09 bits per heavy atom. The van der Waals surface area contributed by atoms with Crippen molar-refractivity contribution >= 4 is 23.2 Å². The molecule has 7 heteroatoms. The second-order valence-corrected chi connectivity index (χ2v) is 6.56. The summed E-state index contributed by atoms with van der Waals surface area (Å²) in [5.41, 5.74) is 2.18. The van der Waals surface area contributed by atoms with Crippen LogP contribution in [0.15, 0.2) is 10.9 Å². The molecule has 2 aliphatic heterocycles. The Bertz CT molecular complexity index is 528. The summed E-state index contributed by atoms with van der Waals surface area (Å²) in [6, 6.07) is 0.355. The van der Waals surface area contributed by atoms with E-state index >= 15 is 0 Å². The van der Waals surface area contributed by atoms with Crippen LogP contribution >= 0.6 is 11.3 Å². The van der Waals surface area contributed by atoms with Crippen molar-refractivity contribution in [2.45, 2.75) is 38.3 Å². The van der Waals surface area contributed by atoms with Gasteiger partial charge in [0.2, 0.25) is 5.91 Å². The van der Waals surface area contributed by atoms with E-state index in [1.165, 1.54) is 11.3 Å². The maximum absolute atomic E-state index is 12.4. The van der Waals surface area contributed by atoms with Crippen molar-refractivity contribution in [1.82, 2.24) is 14.8 Å². The van der Waals surface area contributed by atoms with Crippen molar-refractivity contribution in [3.05, 3.63) is 16.6 Å². The molecule has 1 atom stereocenters. The molecular weight excluding hydrogens is 302 g/mol. The van der Waals surface area contributed by atoms with Crippen LogP contribution in [0.3, 0.4) is 0 Å². The molecule has 1 aromatic heterocycles. The lowest BCUT2D eigenvalue weighted by Crippen LogP contribution is -2.49. The van der Waals surface area contributed by atoms with E-state index in [-0.39, 0.29) is 23.9 Å². The van der Waals surface area contributed by atoms with Crippen molar-refractivity contribution in [2.24, 2.45) is 0 Å². The van der Waals surface area contributed by atoms with Crippen LogP contribution in [0.5, 0.6) is 0 Å². The molecule has 2 amide bonds. The first kappa shape index (κ1) is 15.4. The highest BCUT2D eigenvalue weighted by Crippen LogP contribution is 2.24. The van der Waals surface area contributed by atoms with Gasteiger partial charge < -0.3 is 14.5 Å². The van der Waals surface area contributed by atoms with Crippen molar-refractivity contribution in [1.29, 1.82) is 0 Å². The van der Waals surface area contributed by atoms with Crippen LogP contribution in [0.1, 0.15) is 36.7 Å². The standard InChI is InChI=1S/C15H21N3O3S/c1-11(19)18(12-3-6-21-7-4-12)13-2-5-17(8-13)15(20)14-9-22-10-16-14/h9-10,12-13H,2-8H2,1H3. The fourth-order valence-corrected chi connectivity index (χ4v) is 3.94. The molecule has 0 bridgehead atoms. The quantitative estimate of drug-likeness (QED) is 0.843. The summed E-state index contributed by atoms with van der Waals surface area (Å²) in [5.74, 6) is 0.0686. The number of thiazole rings is 1. The summed E-state index contributed by atoms with van der Waals surface area (Å²) in [7, 11) is 0. The Labute approximate surface area is 134 Å². The molecule has 3 rings (SSSR count). The zero-order valence-electron chi connectivity index (χ0n) is 12.7. The van der Waals surface area contributed by atoms with Crippen LogP contribution < -0.4 is 0 Å². The van der Waals surface area contributed by atoms with E-state index in [1.54, 1.807) is 17.8 Å². The van der Waals surface area contributed by atoms with E-state index < -0.39 is 0 Å². The van der Waals surface area contributed by atoms with E-state index in [9.17, 15) is 9.59 Å². The normalized spacial score (nSPS) is 22.8. The van der Waals surface area contributed by atoms with Gasteiger partial charge in [-0.05, 0) is 19.3 Å². The summed E-state index contributed by atoms with van der Waals surface area (Å²) in [6.07, 6.45) is 2.61. The maximum Gasteiger partial charge on any atom is 0.273 e. The molecule has 2 aliphatic rings. The lowest BCUT2D eigenvalue weighted by atomic mass is 10.0. The molecule has 0 spiro atoms. The molecular formula is C15H21N3O3S. The number of hydrogen-bond donors (Lipinski definition) is 0. The van der Waals surface area contributed by atoms with Crippen molar-refractivity contribution < 1.29 is 14.3 Å². The van der Waals surface area contributed by atoms with Crippen LogP contribution in [0, 0.1) is 0 Å². The number of ether oxygens (including phenoxy) is 1. The number of carbonyl (C=O) groups excluding carboxylic acids is 2. The topological polar surface area (TPSA) is 62.7 Å². The van der Waals surface area contributed by atoms with Gasteiger partial charge in [0.05, 0.1) is 11.6 Å². The van der Waals surface area contributed by atoms with Gasteiger partial charge in [0.25, 0.3) is 5.91 Å². The highest BCUT2D eigenvalue weighted by Gasteiger charge is 2.36. The monoisotopic (exact) mass is 323 g/mol. The van der Waals surface area contributed by atoms with E-state index in [0.29, 0.717) is 32.0 Å². The van der Waals surface area contributed by atoms with Crippen LogP contribution in [-0.4, -0.2) is 65.0 Å². The van der Waals surface area contributed by atoms with Crippen LogP contribution in [0.4, 0.5) is 0 Å². The van der Waals surface area contributed by atoms with Gasteiger partial charge >= 0.3 is 0 Å². The lowest BCUT2D eigenvalue weighted by molar-refractivity contribution is -0.135. The smallest absolute Gasteiger partial charge is 0.273 e. The predicted molar refractivity (Wildman–Crippen MR) is 82.8 cm³/mol. The molecule has 2 fully saturated rings. The van der Waals surface area contributed by atoms with Gasteiger partial charge in [-0.25, -0.2) is 4.98 Å². The summed E-state index contributed by atoms with van der Waals surface area (Å²) < 4.78 is 5.39. The highest BCUT2D eigenvalue weighted by atomic mass is 32.1. The summed E-state index contributed by atoms with van der Waals surface area (Å²) in [4.78, 5) is 32.4. The fraction of sp³-hybridized carbons (Fsp3) is 0.667. The predicted octanol–water partition coefficient (Wildman–Crippen LogP) is 1.39. The Hall–Kier alpha value is -1.47. The van der Waals surface area contributed by atoms with E-state index in [4.69, 9.17) is 4.74 Å². The van der Waals surface area contributed by atoms with Crippen LogP contribution in [0.25, 0.3) is 0 Å². The van der Waals surface area contributed by atoms with Gasteiger partial charge in [0, 0.05) is 44.6 Å². The van der Waals surface area contributed by atoms with Gasteiger partial charge in [0.15, 0.2) is 0 Å². The van der Waals surface area contributed by atoms with Gasteiger partial charge in [-0.1, -0.05) is 0 Å². The average Bonchev–Trinajstić information content (AvgIpc) is 3.19. The molecule has 22 heavy (non-hydrogen) atoms. The SMILES string of the molecule is CC(=O)N(C1CCOCC1)C1CCN(C(=O)c2cscn2)C1. The molecule has 2 saturated heterocycles. The third kappa shape index (κ3) is 3.15. The Morgan fingerprint density at radius 3 is 2.73 bits per heavy atom. The maximum atomic E-state index is 12.4. The Morgan fingerprint density at radius 1 is 1.32 bits per heavy atom. The first-order chi connectivity index (χ1) is 10.7. The molecule has 6 nitrogen and oxygen atoms in total. The number of carbonyl (C=O) groups is 2. The molecule has 0 saturated carbocycles. The number of likely N-dealkylation sites (tertiary alicyclic amines) is 1. The number of amides is 2. The van der Waals surface area contributed by atoms with Crippen molar-refractivity contribution in [2.75, 3.05) is 26.3 Å². The molecule has 0 radical (unpaired) electrons. The first-order valence-electron chi connectivity index (χ1n) is 7.71. The minimum Gasteiger partial charge on any atom is -0.381 e. The molecule has 0 N–H and O–H groups in total. The molecule has 3 heterocycles. The largest absolute Gasteiger partial charge is 0.381 e. The number of nitrogens with zero attached hydrogens (tertiary/aromatic N) is 3. The molecule has 1 aromatic rings. The molecule has 1 unspecified atom stereocenters. The van der Waals surface area contributed by atoms with Crippen LogP contribution in [-0.2, 0) is 9.53 Å². The Balaban J connectivity index is 1.66. The van der Waals surface area contributed by atoms with Gasteiger partial charge in [-0.3, -0.25) is 9.59 Å². The number of aromatic nitrogens is 1. The third-order valence-corrected chi connectivity index (χ3v) is 5.03. The fourth-order valence-electron chi connectivity index (χ4n) is 3.41. The van der Waals surface area contributed by atoms with Crippen molar-refractivity contribution in [3.8, 4) is 0 Å². The van der Waals surface area contributed by atoms with Crippen molar-refractivity contribution in [3.63, 3.8) is 0 Å². The lowest BCUT2D eigenvalue weighted by Gasteiger charge is -2.37. The average molecular weight is 323 g/mol.